The predicted molar refractivity (Wildman–Crippen MR) is 131 cm³/mol. The molecule has 3 N–H and O–H groups in total. The van der Waals surface area contributed by atoms with Crippen LogP contribution in [0.1, 0.15) is 30.9 Å². The Labute approximate surface area is 194 Å². The van der Waals surface area contributed by atoms with Crippen LogP contribution < -0.4 is 0 Å². The molecule has 0 aliphatic heterocycles. The summed E-state index contributed by atoms with van der Waals surface area (Å²) in [5, 5.41) is 33.0. The maximum absolute atomic E-state index is 11.9. The number of aliphatic hydroxyl groups excluding tert-OH is 2. The molecule has 0 aliphatic rings. The summed E-state index contributed by atoms with van der Waals surface area (Å²) in [5.74, 6) is -1.38. The topological polar surface area (TPSA) is 87.0 Å². The zero-order chi connectivity index (χ0) is 23.8. The molecular weight excluding hydrogens is 416 g/mol. The number of phenolic OH excluding ortho intramolecular Hbond substituents is 1. The van der Waals surface area contributed by atoms with Crippen LogP contribution in [0.25, 0.3) is 22.4 Å². The first-order chi connectivity index (χ1) is 16.0. The van der Waals surface area contributed by atoms with Crippen LogP contribution in [-0.4, -0.2) is 40.1 Å². The van der Waals surface area contributed by atoms with Crippen LogP contribution in [0.3, 0.4) is 0 Å². The van der Waals surface area contributed by atoms with E-state index in [0.717, 1.165) is 27.5 Å². The van der Waals surface area contributed by atoms with Crippen LogP contribution in [0, 0.1) is 5.92 Å². The van der Waals surface area contributed by atoms with Gasteiger partial charge in [-0.1, -0.05) is 72.8 Å². The van der Waals surface area contributed by atoms with Crippen LogP contribution in [0.2, 0.25) is 0 Å². The van der Waals surface area contributed by atoms with E-state index in [1.807, 2.05) is 60.7 Å². The molecule has 3 rings (SSSR count). The lowest BCUT2D eigenvalue weighted by Gasteiger charge is -2.24. The number of phenols is 1. The monoisotopic (exact) mass is 446 g/mol. The van der Waals surface area contributed by atoms with Crippen molar-refractivity contribution in [3.8, 4) is 5.75 Å². The zero-order valence-corrected chi connectivity index (χ0v) is 18.7. The molecule has 0 saturated heterocycles. The molecule has 3 aromatic rings. The van der Waals surface area contributed by atoms with E-state index >= 15 is 0 Å². The van der Waals surface area contributed by atoms with Gasteiger partial charge in [-0.25, -0.2) is 4.79 Å². The number of ether oxygens (including phenoxy) is 1. The molecule has 0 aromatic heterocycles. The normalized spacial score (nSPS) is 14.5. The Morgan fingerprint density at radius 1 is 1.00 bits per heavy atom. The number of aromatic hydroxyl groups is 1. The van der Waals surface area contributed by atoms with Gasteiger partial charge in [0, 0.05) is 11.3 Å². The maximum atomic E-state index is 11.9. The third-order valence-corrected chi connectivity index (χ3v) is 5.73. The molecule has 3 aromatic carbocycles. The molecule has 0 unspecified atom stereocenters. The molecule has 33 heavy (non-hydrogen) atoms. The minimum absolute atomic E-state index is 0.150. The highest BCUT2D eigenvalue weighted by atomic mass is 16.5. The minimum atomic E-state index is -1.47. The van der Waals surface area contributed by atoms with Crippen LogP contribution in [-0.2, 0) is 9.53 Å². The van der Waals surface area contributed by atoms with E-state index in [9.17, 15) is 20.1 Å². The molecule has 5 nitrogen and oxygen atoms in total. The molecule has 172 valence electrons. The number of allylic oxidation sites excluding steroid dienone is 1. The summed E-state index contributed by atoms with van der Waals surface area (Å²) in [5.41, 5.74) is 2.94. The average Bonchev–Trinajstić information content (AvgIpc) is 2.84. The summed E-state index contributed by atoms with van der Waals surface area (Å²) >= 11 is 0. The summed E-state index contributed by atoms with van der Waals surface area (Å²) in [6.45, 7) is 5.49. The average molecular weight is 447 g/mol. The number of esters is 1. The first-order valence-corrected chi connectivity index (χ1v) is 11.1. The van der Waals surface area contributed by atoms with E-state index in [1.54, 1.807) is 13.0 Å². The van der Waals surface area contributed by atoms with Crippen LogP contribution >= 0.6 is 0 Å². The number of fused-ring (bicyclic) bond motifs is 1. The molecular formula is C28H30O5. The quantitative estimate of drug-likeness (QED) is 0.233. The Hall–Kier alpha value is -3.41. The molecule has 0 spiro atoms. The third-order valence-electron chi connectivity index (χ3n) is 5.73. The van der Waals surface area contributed by atoms with E-state index in [2.05, 4.69) is 12.7 Å². The van der Waals surface area contributed by atoms with Gasteiger partial charge in [0.1, 0.15) is 5.75 Å². The van der Waals surface area contributed by atoms with Crippen molar-refractivity contribution in [2.24, 2.45) is 5.92 Å². The Balaban J connectivity index is 1.90. The van der Waals surface area contributed by atoms with Gasteiger partial charge in [-0.05, 0) is 47.9 Å². The summed E-state index contributed by atoms with van der Waals surface area (Å²) in [7, 11) is 0. The fourth-order valence-electron chi connectivity index (χ4n) is 3.95. The van der Waals surface area contributed by atoms with Crippen molar-refractivity contribution in [2.45, 2.75) is 32.0 Å². The zero-order valence-electron chi connectivity index (χ0n) is 18.7. The lowest BCUT2D eigenvalue weighted by Crippen LogP contribution is -2.37. The molecule has 0 saturated carbocycles. The van der Waals surface area contributed by atoms with Crippen molar-refractivity contribution in [2.75, 3.05) is 6.61 Å². The van der Waals surface area contributed by atoms with Gasteiger partial charge >= 0.3 is 5.97 Å². The van der Waals surface area contributed by atoms with Gasteiger partial charge in [0.2, 0.25) is 0 Å². The highest BCUT2D eigenvalue weighted by Gasteiger charge is 2.30. The van der Waals surface area contributed by atoms with Gasteiger partial charge < -0.3 is 20.1 Å². The number of hydrogen-bond donors (Lipinski definition) is 3. The molecule has 0 fully saturated rings. The van der Waals surface area contributed by atoms with E-state index in [-0.39, 0.29) is 12.4 Å². The number of carbonyl (C=O) groups is 1. The summed E-state index contributed by atoms with van der Waals surface area (Å²) < 4.78 is 4.88. The lowest BCUT2D eigenvalue weighted by molar-refractivity contribution is -0.157. The molecule has 0 aliphatic carbocycles. The Bertz CT molecular complexity index is 1120. The first-order valence-electron chi connectivity index (χ1n) is 11.1. The summed E-state index contributed by atoms with van der Waals surface area (Å²) in [4.78, 5) is 11.9. The van der Waals surface area contributed by atoms with Crippen molar-refractivity contribution in [1.29, 1.82) is 0 Å². The van der Waals surface area contributed by atoms with E-state index in [4.69, 9.17) is 4.74 Å². The molecule has 5 heteroatoms. The number of aliphatic hydroxyl groups is 2. The van der Waals surface area contributed by atoms with Gasteiger partial charge in [0.15, 0.2) is 6.10 Å². The number of benzene rings is 3. The lowest BCUT2D eigenvalue weighted by atomic mass is 9.89. The van der Waals surface area contributed by atoms with Crippen molar-refractivity contribution >= 4 is 28.4 Å². The Morgan fingerprint density at radius 3 is 2.33 bits per heavy atom. The number of carbonyl (C=O) groups excluding carboxylic acids is 1. The third kappa shape index (κ3) is 5.89. The summed E-state index contributed by atoms with van der Waals surface area (Å²) in [6.07, 6.45) is 1.80. The molecule has 0 amide bonds. The van der Waals surface area contributed by atoms with E-state index in [0.29, 0.717) is 12.8 Å². The second kappa shape index (κ2) is 11.5. The van der Waals surface area contributed by atoms with E-state index < -0.39 is 24.1 Å². The van der Waals surface area contributed by atoms with Gasteiger partial charge in [0.05, 0.1) is 12.7 Å². The molecule has 0 radical (unpaired) electrons. The largest absolute Gasteiger partial charge is 0.507 e. The Kier molecular flexibility index (Phi) is 8.41. The van der Waals surface area contributed by atoms with Crippen molar-refractivity contribution < 1.29 is 24.9 Å². The minimum Gasteiger partial charge on any atom is -0.507 e. The van der Waals surface area contributed by atoms with Gasteiger partial charge in [0.25, 0.3) is 0 Å². The maximum Gasteiger partial charge on any atom is 0.335 e. The Morgan fingerprint density at radius 2 is 1.67 bits per heavy atom. The summed E-state index contributed by atoms with van der Waals surface area (Å²) in [6, 6.07) is 21.0. The van der Waals surface area contributed by atoms with Gasteiger partial charge in [-0.15, -0.1) is 6.58 Å². The van der Waals surface area contributed by atoms with Crippen molar-refractivity contribution in [3.63, 3.8) is 0 Å². The van der Waals surface area contributed by atoms with Crippen LogP contribution in [0.4, 0.5) is 0 Å². The molecule has 0 heterocycles. The standard InChI is InChI=1S/C28H30O5/c1-3-22(27(31)28(32)33-4-2)25(29)16-14-20(19-10-6-5-7-11-19)18-21-15-17-26(30)24-13-9-8-12-23(21)24/h3,5-13,15,17-18,22,25,27,29-31H,1,4,14,16H2,2H3/b20-18-/t22-,25-,27+/m1/s1. The van der Waals surface area contributed by atoms with Crippen molar-refractivity contribution in [1.82, 2.24) is 0 Å². The highest BCUT2D eigenvalue weighted by molar-refractivity contribution is 5.98. The number of hydrogen-bond acceptors (Lipinski definition) is 5. The SMILES string of the molecule is C=C[C@H]([C@H](O)CC/C(=C/c1ccc(O)c2ccccc12)c1ccccc1)[C@H](O)C(=O)OCC. The predicted octanol–water partition coefficient (Wildman–Crippen LogP) is 4.95. The number of rotatable bonds is 10. The fourth-order valence-corrected chi connectivity index (χ4v) is 3.95. The van der Waals surface area contributed by atoms with Gasteiger partial charge in [-0.3, -0.25) is 0 Å². The highest BCUT2D eigenvalue weighted by Crippen LogP contribution is 2.32. The smallest absolute Gasteiger partial charge is 0.335 e. The molecule has 0 bridgehead atoms. The fraction of sp³-hybridized carbons (Fsp3) is 0.250. The molecule has 3 atom stereocenters. The second-order valence-electron chi connectivity index (χ2n) is 7.87. The second-order valence-corrected chi connectivity index (χ2v) is 7.87. The van der Waals surface area contributed by atoms with Crippen LogP contribution in [0.15, 0.2) is 79.4 Å². The first kappa shape index (κ1) is 24.2. The van der Waals surface area contributed by atoms with Crippen LogP contribution in [0.5, 0.6) is 5.75 Å². The van der Waals surface area contributed by atoms with Gasteiger partial charge in [-0.2, -0.15) is 0 Å². The van der Waals surface area contributed by atoms with E-state index in [1.165, 1.54) is 6.08 Å². The van der Waals surface area contributed by atoms with Crippen molar-refractivity contribution in [3.05, 3.63) is 90.5 Å².